The minimum atomic E-state index is -0.634. The summed E-state index contributed by atoms with van der Waals surface area (Å²) in [5, 5.41) is 0.631. The van der Waals surface area contributed by atoms with Gasteiger partial charge in [0, 0.05) is 17.0 Å². The maximum Gasteiger partial charge on any atom is 0.306 e. The predicted octanol–water partition coefficient (Wildman–Crippen LogP) is 2.81. The number of carbonyl (C=O) groups is 3. The smallest absolute Gasteiger partial charge is 0.306 e. The van der Waals surface area contributed by atoms with Gasteiger partial charge in [-0.05, 0) is 49.2 Å². The van der Waals surface area contributed by atoms with Crippen LogP contribution in [0.5, 0.6) is 5.75 Å². The first kappa shape index (κ1) is 21.2. The van der Waals surface area contributed by atoms with E-state index in [2.05, 4.69) is 10.9 Å². The lowest BCUT2D eigenvalue weighted by Gasteiger charge is -2.10. The van der Waals surface area contributed by atoms with Gasteiger partial charge in [0.25, 0.3) is 11.8 Å². The number of aryl methyl sites for hydroxylation is 1. The van der Waals surface area contributed by atoms with Crippen LogP contribution in [0.1, 0.15) is 28.8 Å². The fourth-order valence-corrected chi connectivity index (χ4v) is 2.44. The molecule has 148 valence electrons. The van der Waals surface area contributed by atoms with E-state index in [1.165, 1.54) is 0 Å². The molecule has 2 amide bonds. The third kappa shape index (κ3) is 7.28. The molecule has 0 aliphatic carbocycles. The van der Waals surface area contributed by atoms with Crippen LogP contribution >= 0.6 is 11.6 Å². The van der Waals surface area contributed by atoms with Crippen LogP contribution in [0.3, 0.4) is 0 Å². The molecule has 8 heteroatoms. The molecule has 0 aliphatic rings. The van der Waals surface area contributed by atoms with Gasteiger partial charge in [-0.2, -0.15) is 0 Å². The summed E-state index contributed by atoms with van der Waals surface area (Å²) in [7, 11) is 0. The number of hydrazine groups is 1. The van der Waals surface area contributed by atoms with Gasteiger partial charge in [0.15, 0.2) is 6.61 Å². The van der Waals surface area contributed by atoms with Crippen LogP contribution in [-0.4, -0.2) is 31.0 Å². The highest BCUT2D eigenvalue weighted by atomic mass is 35.5. The number of halogens is 1. The zero-order valence-corrected chi connectivity index (χ0v) is 16.1. The molecule has 2 aromatic rings. The lowest BCUT2D eigenvalue weighted by atomic mass is 10.2. The molecule has 28 heavy (non-hydrogen) atoms. The Balaban J connectivity index is 1.59. The second-order valence-corrected chi connectivity index (χ2v) is 6.33. The summed E-state index contributed by atoms with van der Waals surface area (Å²) in [6, 6.07) is 13.7. The molecular formula is C20H21ClN2O5. The van der Waals surface area contributed by atoms with Crippen molar-refractivity contribution in [1.82, 2.24) is 10.9 Å². The zero-order chi connectivity index (χ0) is 20.4. The first-order chi connectivity index (χ1) is 13.5. The normalized spacial score (nSPS) is 10.1. The molecule has 0 aromatic heterocycles. The van der Waals surface area contributed by atoms with Crippen molar-refractivity contribution in [3.63, 3.8) is 0 Å². The molecule has 0 unspecified atom stereocenters. The summed E-state index contributed by atoms with van der Waals surface area (Å²) < 4.78 is 10.4. The second kappa shape index (κ2) is 10.9. The van der Waals surface area contributed by atoms with E-state index in [0.29, 0.717) is 29.4 Å². The van der Waals surface area contributed by atoms with Crippen LogP contribution in [0.2, 0.25) is 5.02 Å². The van der Waals surface area contributed by atoms with Crippen molar-refractivity contribution in [3.05, 3.63) is 64.7 Å². The van der Waals surface area contributed by atoms with Gasteiger partial charge in [-0.1, -0.05) is 29.8 Å². The third-order valence-electron chi connectivity index (χ3n) is 3.64. The van der Waals surface area contributed by atoms with E-state index in [9.17, 15) is 14.4 Å². The van der Waals surface area contributed by atoms with E-state index >= 15 is 0 Å². The number of hydrogen-bond acceptors (Lipinski definition) is 5. The van der Waals surface area contributed by atoms with Crippen molar-refractivity contribution >= 4 is 29.4 Å². The molecule has 0 radical (unpaired) electrons. The summed E-state index contributed by atoms with van der Waals surface area (Å²) in [6.45, 7) is 1.73. The monoisotopic (exact) mass is 404 g/mol. The summed E-state index contributed by atoms with van der Waals surface area (Å²) in [5.74, 6) is -0.923. The van der Waals surface area contributed by atoms with E-state index in [0.717, 1.165) is 5.56 Å². The third-order valence-corrected chi connectivity index (χ3v) is 3.87. The Morgan fingerprint density at radius 1 is 1.04 bits per heavy atom. The van der Waals surface area contributed by atoms with Gasteiger partial charge in [0.05, 0.1) is 6.61 Å². The molecule has 0 aliphatic heterocycles. The molecule has 0 saturated heterocycles. The minimum absolute atomic E-state index is 0.107. The molecular weight excluding hydrogens is 384 g/mol. The van der Waals surface area contributed by atoms with Crippen molar-refractivity contribution < 1.29 is 23.9 Å². The van der Waals surface area contributed by atoms with Gasteiger partial charge in [-0.25, -0.2) is 0 Å². The Bertz CT molecular complexity index is 827. The summed E-state index contributed by atoms with van der Waals surface area (Å²) >= 11 is 5.88. The highest BCUT2D eigenvalue weighted by Gasteiger charge is 2.10. The summed E-state index contributed by atoms with van der Waals surface area (Å²) in [4.78, 5) is 35.1. The predicted molar refractivity (Wildman–Crippen MR) is 104 cm³/mol. The molecule has 0 heterocycles. The zero-order valence-electron chi connectivity index (χ0n) is 15.4. The standard InChI is InChI=1S/C20H21ClN2O5/c1-14-12-16(21)9-10-17(14)27-11-5-8-19(25)28-13-18(24)22-23-20(26)15-6-3-2-4-7-15/h2-4,6-7,9-10,12H,5,8,11,13H2,1H3,(H,22,24)(H,23,26). The number of nitrogens with one attached hydrogen (secondary N) is 2. The fraction of sp³-hybridized carbons (Fsp3) is 0.250. The minimum Gasteiger partial charge on any atom is -0.493 e. The van der Waals surface area contributed by atoms with Gasteiger partial charge in [-0.15, -0.1) is 0 Å². The van der Waals surface area contributed by atoms with E-state index in [-0.39, 0.29) is 6.42 Å². The highest BCUT2D eigenvalue weighted by molar-refractivity contribution is 6.30. The number of benzene rings is 2. The molecule has 0 saturated carbocycles. The van der Waals surface area contributed by atoms with Gasteiger partial charge < -0.3 is 9.47 Å². The summed E-state index contributed by atoms with van der Waals surface area (Å²) in [5.41, 5.74) is 5.73. The van der Waals surface area contributed by atoms with Gasteiger partial charge in [-0.3, -0.25) is 25.2 Å². The number of esters is 1. The maximum absolute atomic E-state index is 11.8. The highest BCUT2D eigenvalue weighted by Crippen LogP contribution is 2.21. The Kier molecular flexibility index (Phi) is 8.30. The van der Waals surface area contributed by atoms with Crippen LogP contribution in [0, 0.1) is 6.92 Å². The molecule has 2 rings (SSSR count). The lowest BCUT2D eigenvalue weighted by molar-refractivity contribution is -0.148. The van der Waals surface area contributed by atoms with E-state index in [1.54, 1.807) is 48.5 Å². The Morgan fingerprint density at radius 2 is 1.79 bits per heavy atom. The average molecular weight is 405 g/mol. The van der Waals surface area contributed by atoms with Crippen LogP contribution in [0.25, 0.3) is 0 Å². The average Bonchev–Trinajstić information content (AvgIpc) is 2.69. The number of carbonyl (C=O) groups excluding carboxylic acids is 3. The largest absolute Gasteiger partial charge is 0.493 e. The van der Waals surface area contributed by atoms with Gasteiger partial charge in [0.2, 0.25) is 0 Å². The van der Waals surface area contributed by atoms with Gasteiger partial charge in [0.1, 0.15) is 5.75 Å². The molecule has 0 bridgehead atoms. The van der Waals surface area contributed by atoms with E-state index in [1.807, 2.05) is 6.92 Å². The fourth-order valence-electron chi connectivity index (χ4n) is 2.22. The number of amides is 2. The second-order valence-electron chi connectivity index (χ2n) is 5.89. The van der Waals surface area contributed by atoms with Crippen LogP contribution < -0.4 is 15.6 Å². The van der Waals surface area contributed by atoms with Crippen LogP contribution in [-0.2, 0) is 14.3 Å². The number of rotatable bonds is 8. The van der Waals surface area contributed by atoms with Crippen molar-refractivity contribution in [2.75, 3.05) is 13.2 Å². The maximum atomic E-state index is 11.8. The molecule has 0 atom stereocenters. The molecule has 0 spiro atoms. The van der Waals surface area contributed by atoms with Crippen molar-refractivity contribution in [1.29, 1.82) is 0 Å². The van der Waals surface area contributed by atoms with Crippen LogP contribution in [0.4, 0.5) is 0 Å². The quantitative estimate of drug-likeness (QED) is 0.401. The Labute approximate surface area is 167 Å². The lowest BCUT2D eigenvalue weighted by Crippen LogP contribution is -2.43. The van der Waals surface area contributed by atoms with E-state index < -0.39 is 24.4 Å². The molecule has 2 aromatic carbocycles. The van der Waals surface area contributed by atoms with Crippen molar-refractivity contribution in [2.45, 2.75) is 19.8 Å². The van der Waals surface area contributed by atoms with E-state index in [4.69, 9.17) is 21.1 Å². The molecule has 0 fully saturated rings. The topological polar surface area (TPSA) is 93.7 Å². The molecule has 2 N–H and O–H groups in total. The summed E-state index contributed by atoms with van der Waals surface area (Å²) in [6.07, 6.45) is 0.545. The first-order valence-electron chi connectivity index (χ1n) is 8.64. The number of ether oxygens (including phenoxy) is 2. The van der Waals surface area contributed by atoms with Crippen LogP contribution in [0.15, 0.2) is 48.5 Å². The van der Waals surface area contributed by atoms with Gasteiger partial charge >= 0.3 is 5.97 Å². The van der Waals surface area contributed by atoms with Crippen molar-refractivity contribution in [2.24, 2.45) is 0 Å². The first-order valence-corrected chi connectivity index (χ1v) is 9.02. The van der Waals surface area contributed by atoms with Crippen molar-refractivity contribution in [3.8, 4) is 5.75 Å². The molecule has 7 nitrogen and oxygen atoms in total. The Hall–Kier alpha value is -3.06. The number of hydrogen-bond donors (Lipinski definition) is 2. The SMILES string of the molecule is Cc1cc(Cl)ccc1OCCCC(=O)OCC(=O)NNC(=O)c1ccccc1. The Morgan fingerprint density at radius 3 is 2.50 bits per heavy atom.